The molecule has 3 rings (SSSR count). The van der Waals surface area contributed by atoms with E-state index in [1.54, 1.807) is 30.2 Å². The van der Waals surface area contributed by atoms with Crippen LogP contribution in [0.25, 0.3) is 0 Å². The molecule has 1 aromatic carbocycles. The summed E-state index contributed by atoms with van der Waals surface area (Å²) in [6.45, 7) is 4.52. The largest absolute Gasteiger partial charge is 0.495 e. The highest BCUT2D eigenvalue weighted by molar-refractivity contribution is 6.00. The van der Waals surface area contributed by atoms with Gasteiger partial charge >= 0.3 is 6.03 Å². The fraction of sp³-hybridized carbons (Fsp3) is 0.556. The van der Waals surface area contributed by atoms with Gasteiger partial charge in [-0.25, -0.2) is 4.79 Å². The molecular weight excluding hydrogens is 356 g/mol. The van der Waals surface area contributed by atoms with Gasteiger partial charge in [-0.1, -0.05) is 6.92 Å². The third-order valence-corrected chi connectivity index (χ3v) is 5.08. The molecule has 2 aliphatic heterocycles. The molecule has 3 amide bonds. The molecule has 2 saturated heterocycles. The molecule has 2 aliphatic rings. The van der Waals surface area contributed by atoms with Crippen LogP contribution in [0.2, 0.25) is 0 Å². The Hall–Kier alpha value is -1.99. The molecule has 2 unspecified atom stereocenters. The number of anilines is 1. The molecule has 1 aromatic rings. The number of halogens is 1. The van der Waals surface area contributed by atoms with Gasteiger partial charge in [0.2, 0.25) is 0 Å². The van der Waals surface area contributed by atoms with Gasteiger partial charge in [0.15, 0.2) is 0 Å². The lowest BCUT2D eigenvalue weighted by molar-refractivity contribution is 0.0573. The van der Waals surface area contributed by atoms with Crippen molar-refractivity contribution >= 4 is 30.0 Å². The summed E-state index contributed by atoms with van der Waals surface area (Å²) in [6, 6.07) is 5.14. The Balaban J connectivity index is 0.00000243. The summed E-state index contributed by atoms with van der Waals surface area (Å²) in [4.78, 5) is 28.5. The zero-order valence-corrected chi connectivity index (χ0v) is 16.1. The normalized spacial score (nSPS) is 22.7. The van der Waals surface area contributed by atoms with Crippen LogP contribution in [0.5, 0.6) is 5.75 Å². The zero-order valence-electron chi connectivity index (χ0n) is 15.2. The smallest absolute Gasteiger partial charge is 0.322 e. The van der Waals surface area contributed by atoms with E-state index in [0.29, 0.717) is 49.1 Å². The number of urea groups is 1. The Morgan fingerprint density at radius 1 is 1.38 bits per heavy atom. The predicted octanol–water partition coefficient (Wildman–Crippen LogP) is 1.85. The number of hydrogen-bond donors (Lipinski definition) is 2. The molecule has 144 valence electrons. The highest BCUT2D eigenvalue weighted by Gasteiger charge is 2.31. The Kier molecular flexibility index (Phi) is 6.72. The van der Waals surface area contributed by atoms with E-state index in [-0.39, 0.29) is 30.4 Å². The van der Waals surface area contributed by atoms with Crippen molar-refractivity contribution in [3.05, 3.63) is 23.8 Å². The number of piperidine rings is 1. The quantitative estimate of drug-likeness (QED) is 0.831. The van der Waals surface area contributed by atoms with Crippen molar-refractivity contribution in [3.8, 4) is 5.75 Å². The average Bonchev–Trinajstić information content (AvgIpc) is 3.06. The summed E-state index contributed by atoms with van der Waals surface area (Å²) in [5.74, 6) is 1.12. The topological polar surface area (TPSA) is 87.9 Å². The van der Waals surface area contributed by atoms with Crippen LogP contribution in [-0.4, -0.2) is 56.2 Å². The first-order valence-electron chi connectivity index (χ1n) is 8.79. The third-order valence-electron chi connectivity index (χ3n) is 5.08. The van der Waals surface area contributed by atoms with E-state index in [9.17, 15) is 9.59 Å². The molecule has 0 aromatic heterocycles. The van der Waals surface area contributed by atoms with E-state index < -0.39 is 0 Å². The van der Waals surface area contributed by atoms with Gasteiger partial charge < -0.3 is 20.7 Å². The van der Waals surface area contributed by atoms with Crippen molar-refractivity contribution in [3.63, 3.8) is 0 Å². The van der Waals surface area contributed by atoms with E-state index in [0.717, 1.165) is 12.8 Å². The first-order valence-corrected chi connectivity index (χ1v) is 8.79. The van der Waals surface area contributed by atoms with Crippen LogP contribution < -0.4 is 20.7 Å². The average molecular weight is 383 g/mol. The molecule has 0 spiro atoms. The van der Waals surface area contributed by atoms with Gasteiger partial charge in [0.25, 0.3) is 5.91 Å². The van der Waals surface area contributed by atoms with E-state index in [4.69, 9.17) is 10.5 Å². The summed E-state index contributed by atoms with van der Waals surface area (Å²) < 4.78 is 5.38. The first-order chi connectivity index (χ1) is 12.0. The Labute approximate surface area is 160 Å². The number of carbonyl (C=O) groups is 2. The second-order valence-electron chi connectivity index (χ2n) is 6.79. The Bertz CT molecular complexity index is 670. The molecule has 8 heteroatoms. The van der Waals surface area contributed by atoms with Crippen LogP contribution >= 0.6 is 12.4 Å². The fourth-order valence-electron chi connectivity index (χ4n) is 3.64. The predicted molar refractivity (Wildman–Crippen MR) is 103 cm³/mol. The minimum absolute atomic E-state index is 0. The molecule has 0 bridgehead atoms. The maximum Gasteiger partial charge on any atom is 0.322 e. The zero-order chi connectivity index (χ0) is 18.0. The van der Waals surface area contributed by atoms with Crippen molar-refractivity contribution in [2.75, 3.05) is 38.2 Å². The highest BCUT2D eigenvalue weighted by Crippen LogP contribution is 2.32. The van der Waals surface area contributed by atoms with Crippen LogP contribution in [0.1, 0.15) is 30.1 Å². The van der Waals surface area contributed by atoms with E-state index in [1.165, 1.54) is 0 Å². The maximum absolute atomic E-state index is 13.0. The molecule has 2 atom stereocenters. The SMILES string of the molecule is COc1ccc(C(=O)N2CCC(C)CC2CN)cc1N1CCNC1=O.Cl. The number of likely N-dealkylation sites (tertiary alicyclic amines) is 1. The Morgan fingerprint density at radius 2 is 2.15 bits per heavy atom. The standard InChI is InChI=1S/C18H26N4O3.ClH/c1-12-5-7-21(14(9-12)11-19)17(23)13-3-4-16(25-2)15(10-13)22-8-6-20-18(22)24;/h3-4,10,12,14H,5-9,11,19H2,1-2H3,(H,20,24);1H. The molecule has 0 saturated carbocycles. The summed E-state index contributed by atoms with van der Waals surface area (Å²) in [5, 5.41) is 2.77. The van der Waals surface area contributed by atoms with Gasteiger partial charge in [0.05, 0.1) is 12.8 Å². The number of nitrogens with one attached hydrogen (secondary N) is 1. The second kappa shape index (κ2) is 8.60. The van der Waals surface area contributed by atoms with E-state index >= 15 is 0 Å². The number of ether oxygens (including phenoxy) is 1. The van der Waals surface area contributed by atoms with Crippen molar-refractivity contribution in [2.24, 2.45) is 11.7 Å². The molecule has 2 fully saturated rings. The van der Waals surface area contributed by atoms with Gasteiger partial charge in [-0.3, -0.25) is 9.69 Å². The van der Waals surface area contributed by atoms with Gasteiger partial charge in [-0.15, -0.1) is 12.4 Å². The number of carbonyl (C=O) groups excluding carboxylic acids is 2. The summed E-state index contributed by atoms with van der Waals surface area (Å²) >= 11 is 0. The highest BCUT2D eigenvalue weighted by atomic mass is 35.5. The number of hydrogen-bond acceptors (Lipinski definition) is 4. The minimum Gasteiger partial charge on any atom is -0.495 e. The van der Waals surface area contributed by atoms with Crippen LogP contribution in [0, 0.1) is 5.92 Å². The number of nitrogens with zero attached hydrogens (tertiary/aromatic N) is 2. The van der Waals surface area contributed by atoms with Gasteiger partial charge in [-0.2, -0.15) is 0 Å². The number of amides is 3. The maximum atomic E-state index is 13.0. The van der Waals surface area contributed by atoms with Crippen LogP contribution in [0.3, 0.4) is 0 Å². The summed E-state index contributed by atoms with van der Waals surface area (Å²) in [6.07, 6.45) is 1.92. The van der Waals surface area contributed by atoms with Gasteiger partial charge in [0, 0.05) is 37.8 Å². The lowest BCUT2D eigenvalue weighted by atomic mass is 9.92. The van der Waals surface area contributed by atoms with Crippen LogP contribution in [-0.2, 0) is 0 Å². The molecule has 2 heterocycles. The van der Waals surface area contributed by atoms with E-state index in [1.807, 2.05) is 4.90 Å². The first kappa shape index (κ1) is 20.3. The Morgan fingerprint density at radius 3 is 2.77 bits per heavy atom. The van der Waals surface area contributed by atoms with Crippen molar-refractivity contribution < 1.29 is 14.3 Å². The molecule has 26 heavy (non-hydrogen) atoms. The van der Waals surface area contributed by atoms with E-state index in [2.05, 4.69) is 12.2 Å². The van der Waals surface area contributed by atoms with Crippen molar-refractivity contribution in [1.82, 2.24) is 10.2 Å². The molecule has 3 N–H and O–H groups in total. The monoisotopic (exact) mass is 382 g/mol. The summed E-state index contributed by atoms with van der Waals surface area (Å²) in [7, 11) is 1.56. The van der Waals surface area contributed by atoms with Gasteiger partial charge in [0.1, 0.15) is 5.75 Å². The van der Waals surface area contributed by atoms with Crippen molar-refractivity contribution in [2.45, 2.75) is 25.8 Å². The molecular formula is C18H27ClN4O3. The number of nitrogens with two attached hydrogens (primary N) is 1. The van der Waals surface area contributed by atoms with Crippen molar-refractivity contribution in [1.29, 1.82) is 0 Å². The lowest BCUT2D eigenvalue weighted by Crippen LogP contribution is -2.49. The number of benzene rings is 1. The van der Waals surface area contributed by atoms with Crippen LogP contribution in [0.4, 0.5) is 10.5 Å². The van der Waals surface area contributed by atoms with Gasteiger partial charge in [-0.05, 0) is 37.0 Å². The molecule has 7 nitrogen and oxygen atoms in total. The summed E-state index contributed by atoms with van der Waals surface area (Å²) in [5.41, 5.74) is 7.07. The number of methoxy groups -OCH3 is 1. The lowest BCUT2D eigenvalue weighted by Gasteiger charge is -2.38. The minimum atomic E-state index is -0.172. The second-order valence-corrected chi connectivity index (χ2v) is 6.79. The fourth-order valence-corrected chi connectivity index (χ4v) is 3.64. The molecule has 0 aliphatic carbocycles. The van der Waals surface area contributed by atoms with Crippen LogP contribution in [0.15, 0.2) is 18.2 Å². The third kappa shape index (κ3) is 3.88. The molecule has 0 radical (unpaired) electrons. The number of rotatable bonds is 4.